The lowest BCUT2D eigenvalue weighted by atomic mass is 10.3. The fraction of sp³-hybridized carbons (Fsp3) is 0.200. The average Bonchev–Trinajstić information content (AvgIpc) is 3.19. The van der Waals surface area contributed by atoms with E-state index in [0.29, 0.717) is 12.3 Å². The molecule has 0 N–H and O–H groups in total. The van der Waals surface area contributed by atoms with Crippen molar-refractivity contribution < 1.29 is 18.9 Å². The Morgan fingerprint density at radius 3 is 3.00 bits per heavy atom. The third-order valence-electron chi connectivity index (χ3n) is 3.65. The molecule has 1 aliphatic rings. The van der Waals surface area contributed by atoms with Crippen LogP contribution in [0.1, 0.15) is 10.6 Å². The highest BCUT2D eigenvalue weighted by molar-refractivity contribution is 7.99. The van der Waals surface area contributed by atoms with Crippen LogP contribution in [0.4, 0.5) is 5.88 Å². The smallest absolute Gasteiger partial charge is 0.433 e. The van der Waals surface area contributed by atoms with E-state index in [4.69, 9.17) is 9.15 Å². The number of carbonyl (C=O) groups excluding carboxylic acids is 1. The molecular formula is C15H11N3O5S. The topological polar surface area (TPSA) is 100 Å². The molecular weight excluding hydrogens is 334 g/mol. The highest BCUT2D eigenvalue weighted by Gasteiger charge is 2.27. The molecule has 4 rings (SSSR count). The fourth-order valence-corrected chi connectivity index (χ4v) is 3.58. The number of aromatic nitrogens is 2. The van der Waals surface area contributed by atoms with Crippen LogP contribution in [0.15, 0.2) is 46.0 Å². The van der Waals surface area contributed by atoms with E-state index in [-0.39, 0.29) is 11.9 Å². The average molecular weight is 345 g/mol. The van der Waals surface area contributed by atoms with Gasteiger partial charge >= 0.3 is 11.9 Å². The van der Waals surface area contributed by atoms with Gasteiger partial charge in [-0.15, -0.1) is 0 Å². The van der Waals surface area contributed by atoms with Gasteiger partial charge in [-0.2, -0.15) is 0 Å². The van der Waals surface area contributed by atoms with E-state index in [9.17, 15) is 14.9 Å². The largest absolute Gasteiger partial charge is 0.454 e. The number of hydrogen-bond donors (Lipinski definition) is 0. The van der Waals surface area contributed by atoms with Gasteiger partial charge in [-0.25, -0.2) is 9.78 Å². The van der Waals surface area contributed by atoms with E-state index in [2.05, 4.69) is 4.98 Å². The first-order valence-electron chi connectivity index (χ1n) is 7.15. The van der Waals surface area contributed by atoms with Gasteiger partial charge in [0.15, 0.2) is 5.16 Å². The third-order valence-corrected chi connectivity index (χ3v) is 4.76. The van der Waals surface area contributed by atoms with Crippen molar-refractivity contribution in [2.24, 2.45) is 0 Å². The van der Waals surface area contributed by atoms with Crippen LogP contribution in [-0.2, 0) is 11.3 Å². The first kappa shape index (κ1) is 14.8. The molecule has 1 atom stereocenters. The maximum Gasteiger partial charge on any atom is 0.433 e. The van der Waals surface area contributed by atoms with Crippen LogP contribution >= 0.6 is 11.8 Å². The first-order valence-corrected chi connectivity index (χ1v) is 8.13. The molecule has 0 saturated carbocycles. The number of fused-ring (bicyclic) bond motifs is 3. The number of hydrogen-bond acceptors (Lipinski definition) is 7. The lowest BCUT2D eigenvalue weighted by molar-refractivity contribution is -0.402. The standard InChI is InChI=1S/C15H11N3O5S/c19-14(12-5-6-13(23-12)18(20)21)22-9-7-17-11-4-2-1-3-10(11)16-15(17)24-8-9/h1-6,9H,7-8H2. The lowest BCUT2D eigenvalue weighted by Gasteiger charge is -2.23. The number of rotatable bonds is 3. The maximum atomic E-state index is 12.1. The number of nitro groups is 1. The quantitative estimate of drug-likeness (QED) is 0.409. The van der Waals surface area contributed by atoms with Crippen molar-refractivity contribution in [3.8, 4) is 0 Å². The molecule has 3 aromatic rings. The number of benzene rings is 1. The van der Waals surface area contributed by atoms with Gasteiger partial charge in [-0.3, -0.25) is 10.1 Å². The van der Waals surface area contributed by atoms with Gasteiger partial charge in [0.05, 0.1) is 23.6 Å². The zero-order valence-corrected chi connectivity index (χ0v) is 13.1. The van der Waals surface area contributed by atoms with Crippen molar-refractivity contribution in [3.63, 3.8) is 0 Å². The molecule has 3 heterocycles. The maximum absolute atomic E-state index is 12.1. The molecule has 1 aliphatic heterocycles. The first-order chi connectivity index (χ1) is 11.6. The zero-order valence-electron chi connectivity index (χ0n) is 12.2. The number of para-hydroxylation sites is 2. The molecule has 1 aromatic carbocycles. The summed E-state index contributed by atoms with van der Waals surface area (Å²) in [6.45, 7) is 0.484. The van der Waals surface area contributed by atoms with Gasteiger partial charge in [-0.1, -0.05) is 23.9 Å². The number of esters is 1. The predicted octanol–water partition coefficient (Wildman–Crippen LogP) is 2.87. The number of thioether (sulfide) groups is 1. The highest BCUT2D eigenvalue weighted by atomic mass is 32.2. The van der Waals surface area contributed by atoms with Gasteiger partial charge in [0.25, 0.3) is 0 Å². The second-order valence-electron chi connectivity index (χ2n) is 5.23. The molecule has 0 amide bonds. The second kappa shape index (κ2) is 5.68. The van der Waals surface area contributed by atoms with Crippen LogP contribution in [0.25, 0.3) is 11.0 Å². The van der Waals surface area contributed by atoms with E-state index in [0.717, 1.165) is 22.3 Å². The molecule has 0 saturated heterocycles. The molecule has 9 heteroatoms. The van der Waals surface area contributed by atoms with Gasteiger partial charge in [0.1, 0.15) is 11.0 Å². The van der Waals surface area contributed by atoms with Gasteiger partial charge in [-0.05, 0) is 18.2 Å². The Morgan fingerprint density at radius 1 is 1.38 bits per heavy atom. The van der Waals surface area contributed by atoms with Gasteiger partial charge in [0.2, 0.25) is 5.76 Å². The molecule has 8 nitrogen and oxygen atoms in total. The Hall–Kier alpha value is -2.81. The van der Waals surface area contributed by atoms with Crippen LogP contribution in [0.3, 0.4) is 0 Å². The summed E-state index contributed by atoms with van der Waals surface area (Å²) in [4.78, 5) is 26.5. The third kappa shape index (κ3) is 2.52. The molecule has 0 radical (unpaired) electrons. The highest BCUT2D eigenvalue weighted by Crippen LogP contribution is 2.30. The summed E-state index contributed by atoms with van der Waals surface area (Å²) in [7, 11) is 0. The molecule has 2 aromatic heterocycles. The summed E-state index contributed by atoms with van der Waals surface area (Å²) in [6.07, 6.45) is -0.364. The van der Waals surface area contributed by atoms with Crippen LogP contribution < -0.4 is 0 Å². The number of carbonyl (C=O) groups is 1. The van der Waals surface area contributed by atoms with Crippen molar-refractivity contribution in [3.05, 3.63) is 52.3 Å². The Labute approximate surface area is 139 Å². The van der Waals surface area contributed by atoms with Crippen LogP contribution in [0.2, 0.25) is 0 Å². The minimum absolute atomic E-state index is 0.173. The van der Waals surface area contributed by atoms with E-state index >= 15 is 0 Å². The molecule has 0 bridgehead atoms. The number of ether oxygens (including phenoxy) is 1. The molecule has 1 unspecified atom stereocenters. The second-order valence-corrected chi connectivity index (χ2v) is 6.21. The van der Waals surface area contributed by atoms with E-state index in [1.165, 1.54) is 17.8 Å². The van der Waals surface area contributed by atoms with E-state index in [1.54, 1.807) is 0 Å². The van der Waals surface area contributed by atoms with Crippen molar-refractivity contribution >= 4 is 34.6 Å². The number of furan rings is 1. The van der Waals surface area contributed by atoms with Crippen LogP contribution in [0.5, 0.6) is 0 Å². The Kier molecular flexibility index (Phi) is 3.49. The van der Waals surface area contributed by atoms with Gasteiger partial charge < -0.3 is 13.7 Å². The summed E-state index contributed by atoms with van der Waals surface area (Å²) >= 11 is 1.51. The molecule has 0 fully saturated rings. The summed E-state index contributed by atoms with van der Waals surface area (Å²) in [5.74, 6) is -0.796. The summed E-state index contributed by atoms with van der Waals surface area (Å²) in [5, 5.41) is 11.5. The van der Waals surface area contributed by atoms with E-state index < -0.39 is 16.8 Å². The minimum atomic E-state index is -0.707. The van der Waals surface area contributed by atoms with Crippen molar-refractivity contribution in [1.82, 2.24) is 9.55 Å². The fourth-order valence-electron chi connectivity index (χ4n) is 2.58. The number of nitrogens with zero attached hydrogens (tertiary/aromatic N) is 3. The Balaban J connectivity index is 1.52. The molecule has 122 valence electrons. The Morgan fingerprint density at radius 2 is 2.21 bits per heavy atom. The van der Waals surface area contributed by atoms with Gasteiger partial charge in [0, 0.05) is 5.75 Å². The zero-order chi connectivity index (χ0) is 16.7. The SMILES string of the molecule is O=C(OC1CSc2nc3ccccc3n2C1)c1ccc([N+](=O)[O-])o1. The molecule has 0 spiro atoms. The van der Waals surface area contributed by atoms with Crippen molar-refractivity contribution in [2.45, 2.75) is 17.8 Å². The van der Waals surface area contributed by atoms with Crippen LogP contribution in [0, 0.1) is 10.1 Å². The molecule has 0 aliphatic carbocycles. The van der Waals surface area contributed by atoms with E-state index in [1.807, 2.05) is 28.8 Å². The number of imidazole rings is 1. The van der Waals surface area contributed by atoms with Crippen molar-refractivity contribution in [1.29, 1.82) is 0 Å². The summed E-state index contributed by atoms with van der Waals surface area (Å²) < 4.78 is 12.3. The monoisotopic (exact) mass is 345 g/mol. The van der Waals surface area contributed by atoms with Crippen molar-refractivity contribution in [2.75, 3.05) is 5.75 Å². The minimum Gasteiger partial charge on any atom is -0.454 e. The summed E-state index contributed by atoms with van der Waals surface area (Å²) in [5.41, 5.74) is 1.88. The predicted molar refractivity (Wildman–Crippen MR) is 85.0 cm³/mol. The normalized spacial score (nSPS) is 16.8. The lowest BCUT2D eigenvalue weighted by Crippen LogP contribution is -2.29. The van der Waals surface area contributed by atoms with Crippen LogP contribution in [-0.4, -0.2) is 32.3 Å². The Bertz CT molecular complexity index is 948. The molecule has 24 heavy (non-hydrogen) atoms. The summed E-state index contributed by atoms with van der Waals surface area (Å²) in [6, 6.07) is 10.1.